The van der Waals surface area contributed by atoms with Gasteiger partial charge in [-0.15, -0.1) is 0 Å². The average Bonchev–Trinajstić information content (AvgIpc) is 3.14. The summed E-state index contributed by atoms with van der Waals surface area (Å²) >= 11 is 6.22. The van der Waals surface area contributed by atoms with Gasteiger partial charge >= 0.3 is 5.97 Å². The highest BCUT2D eigenvalue weighted by Crippen LogP contribution is 2.35. The van der Waals surface area contributed by atoms with E-state index < -0.39 is 5.91 Å². The summed E-state index contributed by atoms with van der Waals surface area (Å²) in [5, 5.41) is 0.635. The highest BCUT2D eigenvalue weighted by atomic mass is 35.5. The zero-order valence-corrected chi connectivity index (χ0v) is 20.5. The second-order valence-electron chi connectivity index (χ2n) is 8.38. The number of nitrogens with two attached hydrogens (primary N) is 1. The lowest BCUT2D eigenvalue weighted by Gasteiger charge is -2.14. The van der Waals surface area contributed by atoms with Gasteiger partial charge in [-0.2, -0.15) is 0 Å². The minimum Gasteiger partial charge on any atom is -0.469 e. The Morgan fingerprint density at radius 3 is 2.20 bits per heavy atom. The number of amides is 1. The number of aromatic nitrogens is 1. The topological polar surface area (TPSA) is 74.3 Å². The van der Waals surface area contributed by atoms with Gasteiger partial charge < -0.3 is 15.0 Å². The van der Waals surface area contributed by atoms with E-state index in [1.807, 2.05) is 73.7 Å². The van der Waals surface area contributed by atoms with Gasteiger partial charge in [0.05, 0.1) is 19.1 Å². The van der Waals surface area contributed by atoms with Gasteiger partial charge in [-0.3, -0.25) is 9.59 Å². The Morgan fingerprint density at radius 1 is 0.914 bits per heavy atom. The Labute approximate surface area is 210 Å². The zero-order chi connectivity index (χ0) is 24.9. The number of halogens is 1. The first kappa shape index (κ1) is 24.3. The van der Waals surface area contributed by atoms with Crippen molar-refractivity contribution >= 4 is 23.5 Å². The van der Waals surface area contributed by atoms with Gasteiger partial charge in [0.25, 0.3) is 5.91 Å². The van der Waals surface area contributed by atoms with Crippen molar-refractivity contribution in [3.8, 4) is 22.3 Å². The molecule has 4 rings (SSSR count). The number of primary amides is 1. The molecule has 0 radical (unpaired) electrons. The van der Waals surface area contributed by atoms with Gasteiger partial charge in [0, 0.05) is 28.5 Å². The number of ether oxygens (including phenoxy) is 1. The standard InChI is InChI=1S/C29H27ClN2O3/c1-19-27(29(31)34)28(23-13-11-22(12-14-23)21-8-4-3-5-9-21)25(15-16-26(33)35-2)32(19)18-20-7-6-10-24(30)17-20/h3-14,17H,15-16,18H2,1-2H3,(H2,31,34). The minimum absolute atomic E-state index is 0.183. The largest absolute Gasteiger partial charge is 0.469 e. The van der Waals surface area contributed by atoms with Crippen LogP contribution in [0.2, 0.25) is 5.02 Å². The second kappa shape index (κ2) is 10.6. The molecule has 0 fully saturated rings. The number of carbonyl (C=O) groups is 2. The van der Waals surface area contributed by atoms with Gasteiger partial charge in [0.15, 0.2) is 0 Å². The molecule has 0 saturated heterocycles. The van der Waals surface area contributed by atoms with Gasteiger partial charge in [-0.25, -0.2) is 0 Å². The number of methoxy groups -OCH3 is 1. The number of hydrogen-bond acceptors (Lipinski definition) is 3. The summed E-state index contributed by atoms with van der Waals surface area (Å²) in [5.74, 6) is -0.821. The van der Waals surface area contributed by atoms with Crippen LogP contribution in [-0.2, 0) is 22.5 Å². The summed E-state index contributed by atoms with van der Waals surface area (Å²) in [4.78, 5) is 24.7. The van der Waals surface area contributed by atoms with Crippen LogP contribution in [0.5, 0.6) is 0 Å². The van der Waals surface area contributed by atoms with Crippen LogP contribution in [0.4, 0.5) is 0 Å². The van der Waals surface area contributed by atoms with E-state index in [0.717, 1.165) is 39.2 Å². The lowest BCUT2D eigenvalue weighted by molar-refractivity contribution is -0.140. The molecule has 0 bridgehead atoms. The first-order chi connectivity index (χ1) is 16.9. The van der Waals surface area contributed by atoms with Crippen molar-refractivity contribution in [2.24, 2.45) is 5.73 Å². The van der Waals surface area contributed by atoms with Crippen molar-refractivity contribution in [3.05, 3.63) is 106 Å². The van der Waals surface area contributed by atoms with E-state index in [0.29, 0.717) is 23.6 Å². The third-order valence-electron chi connectivity index (χ3n) is 6.18. The second-order valence-corrected chi connectivity index (χ2v) is 8.82. The Kier molecular flexibility index (Phi) is 7.37. The smallest absolute Gasteiger partial charge is 0.305 e. The van der Waals surface area contributed by atoms with Crippen molar-refractivity contribution in [1.82, 2.24) is 4.57 Å². The van der Waals surface area contributed by atoms with Crippen LogP contribution < -0.4 is 5.73 Å². The quantitative estimate of drug-likeness (QED) is 0.309. The molecule has 0 aliphatic heterocycles. The predicted molar refractivity (Wildman–Crippen MR) is 139 cm³/mol. The predicted octanol–water partition coefficient (Wildman–Crippen LogP) is 6.04. The number of carbonyl (C=O) groups excluding carboxylic acids is 2. The summed E-state index contributed by atoms with van der Waals surface area (Å²) in [5.41, 5.74) is 12.7. The molecule has 0 aliphatic carbocycles. The van der Waals surface area contributed by atoms with Gasteiger partial charge in [-0.1, -0.05) is 78.3 Å². The van der Waals surface area contributed by atoms with Gasteiger partial charge in [0.2, 0.25) is 0 Å². The molecular formula is C29H27ClN2O3. The summed E-state index contributed by atoms with van der Waals surface area (Å²) in [6.45, 7) is 2.37. The van der Waals surface area contributed by atoms with Crippen LogP contribution in [-0.4, -0.2) is 23.6 Å². The van der Waals surface area contributed by atoms with E-state index in [1.165, 1.54) is 7.11 Å². The molecule has 0 atom stereocenters. The van der Waals surface area contributed by atoms with Gasteiger partial charge in [0.1, 0.15) is 0 Å². The normalized spacial score (nSPS) is 10.8. The first-order valence-corrected chi connectivity index (χ1v) is 11.8. The van der Waals surface area contributed by atoms with Crippen LogP contribution in [0.25, 0.3) is 22.3 Å². The molecule has 178 valence electrons. The van der Waals surface area contributed by atoms with Crippen molar-refractivity contribution in [1.29, 1.82) is 0 Å². The molecule has 2 N–H and O–H groups in total. The minimum atomic E-state index is -0.506. The summed E-state index contributed by atoms with van der Waals surface area (Å²) < 4.78 is 6.93. The van der Waals surface area contributed by atoms with Crippen molar-refractivity contribution in [2.45, 2.75) is 26.3 Å². The van der Waals surface area contributed by atoms with Crippen molar-refractivity contribution in [2.75, 3.05) is 7.11 Å². The maximum atomic E-state index is 12.7. The molecule has 1 amide bonds. The molecule has 4 aromatic rings. The van der Waals surface area contributed by atoms with E-state index in [2.05, 4.69) is 16.7 Å². The molecule has 5 nitrogen and oxygen atoms in total. The SMILES string of the molecule is COC(=O)CCc1c(-c2ccc(-c3ccccc3)cc2)c(C(N)=O)c(C)n1Cc1cccc(Cl)c1. The number of esters is 1. The molecule has 0 spiro atoms. The number of hydrogen-bond donors (Lipinski definition) is 1. The Bertz CT molecular complexity index is 1360. The molecule has 1 aromatic heterocycles. The van der Waals surface area contributed by atoms with Crippen LogP contribution in [0.3, 0.4) is 0 Å². The Balaban J connectivity index is 1.85. The maximum Gasteiger partial charge on any atom is 0.305 e. The van der Waals surface area contributed by atoms with Crippen molar-refractivity contribution in [3.63, 3.8) is 0 Å². The van der Waals surface area contributed by atoms with Gasteiger partial charge in [-0.05, 0) is 47.7 Å². The van der Waals surface area contributed by atoms with E-state index in [9.17, 15) is 9.59 Å². The van der Waals surface area contributed by atoms with Crippen LogP contribution in [0, 0.1) is 6.92 Å². The van der Waals surface area contributed by atoms with E-state index >= 15 is 0 Å². The highest BCUT2D eigenvalue weighted by molar-refractivity contribution is 6.30. The van der Waals surface area contributed by atoms with Crippen molar-refractivity contribution < 1.29 is 14.3 Å². The fourth-order valence-electron chi connectivity index (χ4n) is 4.48. The fourth-order valence-corrected chi connectivity index (χ4v) is 4.70. The number of rotatable bonds is 8. The van der Waals surface area contributed by atoms with E-state index in [1.54, 1.807) is 0 Å². The van der Waals surface area contributed by atoms with Crippen LogP contribution in [0.15, 0.2) is 78.9 Å². The highest BCUT2D eigenvalue weighted by Gasteiger charge is 2.25. The maximum absolute atomic E-state index is 12.7. The molecular weight excluding hydrogens is 460 g/mol. The van der Waals surface area contributed by atoms with Crippen LogP contribution >= 0.6 is 11.6 Å². The molecule has 0 aliphatic rings. The lowest BCUT2D eigenvalue weighted by Crippen LogP contribution is -2.13. The fraction of sp³-hybridized carbons (Fsp3) is 0.172. The summed E-state index contributed by atoms with van der Waals surface area (Å²) in [6.07, 6.45) is 0.583. The third kappa shape index (κ3) is 5.31. The summed E-state index contributed by atoms with van der Waals surface area (Å²) in [7, 11) is 1.37. The zero-order valence-electron chi connectivity index (χ0n) is 19.8. The molecule has 3 aromatic carbocycles. The molecule has 1 heterocycles. The number of benzene rings is 3. The average molecular weight is 487 g/mol. The molecule has 0 saturated carbocycles. The molecule has 35 heavy (non-hydrogen) atoms. The first-order valence-electron chi connectivity index (χ1n) is 11.4. The molecule has 0 unspecified atom stereocenters. The monoisotopic (exact) mass is 486 g/mol. The van der Waals surface area contributed by atoms with E-state index in [4.69, 9.17) is 22.1 Å². The Morgan fingerprint density at radius 2 is 1.57 bits per heavy atom. The third-order valence-corrected chi connectivity index (χ3v) is 6.42. The van der Waals surface area contributed by atoms with Crippen LogP contribution in [0.1, 0.15) is 33.7 Å². The van der Waals surface area contributed by atoms with E-state index in [-0.39, 0.29) is 12.4 Å². The lowest BCUT2D eigenvalue weighted by atomic mass is 9.95. The summed E-state index contributed by atoms with van der Waals surface area (Å²) in [6, 6.07) is 25.7. The molecule has 6 heteroatoms. The number of nitrogens with zero attached hydrogens (tertiary/aromatic N) is 1. The Hall–Kier alpha value is -3.83.